The van der Waals surface area contributed by atoms with Crippen molar-refractivity contribution in [3.63, 3.8) is 0 Å². The summed E-state index contributed by atoms with van der Waals surface area (Å²) in [6.07, 6.45) is 12.8. The van der Waals surface area contributed by atoms with Crippen molar-refractivity contribution in [2.45, 2.75) is 65.2 Å². The van der Waals surface area contributed by atoms with Crippen molar-refractivity contribution >= 4 is 5.97 Å². The van der Waals surface area contributed by atoms with Gasteiger partial charge in [-0.1, -0.05) is 58.4 Å². The first-order valence-corrected chi connectivity index (χ1v) is 6.64. The summed E-state index contributed by atoms with van der Waals surface area (Å²) in [6.45, 7) is 4.87. The molecule has 0 heterocycles. The van der Waals surface area contributed by atoms with Crippen molar-refractivity contribution in [1.29, 1.82) is 0 Å². The van der Waals surface area contributed by atoms with E-state index < -0.39 is 0 Å². The third kappa shape index (κ3) is 11.3. The van der Waals surface area contributed by atoms with Gasteiger partial charge < -0.3 is 4.74 Å². The maximum Gasteiger partial charge on any atom is 0.330 e. The average molecular weight is 226 g/mol. The molecule has 16 heavy (non-hydrogen) atoms. The second-order valence-electron chi connectivity index (χ2n) is 4.13. The minimum Gasteiger partial charge on any atom is -0.463 e. The average Bonchev–Trinajstić information content (AvgIpc) is 2.28. The fourth-order valence-electron chi connectivity index (χ4n) is 1.45. The van der Waals surface area contributed by atoms with E-state index in [1.165, 1.54) is 32.1 Å². The molecule has 0 amide bonds. The smallest absolute Gasteiger partial charge is 0.330 e. The Morgan fingerprint density at radius 3 is 2.38 bits per heavy atom. The highest BCUT2D eigenvalue weighted by Crippen LogP contribution is 2.04. The first-order valence-electron chi connectivity index (χ1n) is 6.64. The van der Waals surface area contributed by atoms with Gasteiger partial charge in [-0.3, -0.25) is 0 Å². The van der Waals surface area contributed by atoms with Gasteiger partial charge in [-0.15, -0.1) is 0 Å². The number of unbranched alkanes of at least 4 members (excludes halogenated alkanes) is 6. The number of hydrogen-bond donors (Lipinski definition) is 0. The molecule has 94 valence electrons. The van der Waals surface area contributed by atoms with Crippen LogP contribution in [0, 0.1) is 0 Å². The number of hydrogen-bond acceptors (Lipinski definition) is 2. The molecular formula is C14H26O2. The van der Waals surface area contributed by atoms with Crippen molar-refractivity contribution in [3.8, 4) is 0 Å². The lowest BCUT2D eigenvalue weighted by Crippen LogP contribution is -2.02. The zero-order valence-corrected chi connectivity index (χ0v) is 10.8. The largest absolute Gasteiger partial charge is 0.463 e. The first-order chi connectivity index (χ1) is 7.81. The van der Waals surface area contributed by atoms with Gasteiger partial charge in [0.05, 0.1) is 6.61 Å². The number of ether oxygens (including phenoxy) is 1. The molecule has 0 aliphatic carbocycles. The fourth-order valence-corrected chi connectivity index (χ4v) is 1.45. The van der Waals surface area contributed by atoms with E-state index in [-0.39, 0.29) is 5.97 Å². The summed E-state index contributed by atoms with van der Waals surface area (Å²) >= 11 is 0. The highest BCUT2D eigenvalue weighted by atomic mass is 16.5. The molecule has 2 nitrogen and oxygen atoms in total. The van der Waals surface area contributed by atoms with Gasteiger partial charge in [-0.25, -0.2) is 4.79 Å². The van der Waals surface area contributed by atoms with E-state index in [9.17, 15) is 4.79 Å². The summed E-state index contributed by atoms with van der Waals surface area (Å²) in [6, 6.07) is 0. The van der Waals surface area contributed by atoms with E-state index >= 15 is 0 Å². The number of esters is 1. The summed E-state index contributed by atoms with van der Waals surface area (Å²) in [5.41, 5.74) is 0. The minimum absolute atomic E-state index is 0.193. The molecule has 0 aromatic rings. The Morgan fingerprint density at radius 2 is 1.69 bits per heavy atom. The van der Waals surface area contributed by atoms with Crippen LogP contribution < -0.4 is 0 Å². The quantitative estimate of drug-likeness (QED) is 0.316. The van der Waals surface area contributed by atoms with E-state index in [1.807, 2.05) is 6.08 Å². The highest BCUT2D eigenvalue weighted by Gasteiger charge is 1.96. The van der Waals surface area contributed by atoms with Crippen LogP contribution in [0.4, 0.5) is 0 Å². The molecule has 0 spiro atoms. The number of allylic oxidation sites excluding steroid dienone is 1. The van der Waals surface area contributed by atoms with Crippen LogP contribution in [-0.4, -0.2) is 12.6 Å². The summed E-state index contributed by atoms with van der Waals surface area (Å²) in [4.78, 5) is 11.1. The molecule has 0 radical (unpaired) electrons. The fraction of sp³-hybridized carbons (Fsp3) is 0.786. The monoisotopic (exact) mass is 226 g/mol. The van der Waals surface area contributed by atoms with E-state index in [2.05, 4.69) is 13.8 Å². The molecule has 0 fully saturated rings. The first kappa shape index (κ1) is 15.2. The molecule has 2 heteroatoms. The van der Waals surface area contributed by atoms with Crippen molar-refractivity contribution < 1.29 is 9.53 Å². The lowest BCUT2D eigenvalue weighted by Gasteiger charge is -2.01. The highest BCUT2D eigenvalue weighted by molar-refractivity contribution is 5.81. The molecule has 0 aliphatic heterocycles. The number of carbonyl (C=O) groups excluding carboxylic acids is 1. The second-order valence-corrected chi connectivity index (χ2v) is 4.13. The lowest BCUT2D eigenvalue weighted by atomic mass is 10.1. The molecule has 0 unspecified atom stereocenters. The molecule has 0 saturated heterocycles. The van der Waals surface area contributed by atoms with Crippen molar-refractivity contribution in [2.75, 3.05) is 6.61 Å². The predicted molar refractivity (Wildman–Crippen MR) is 68.4 cm³/mol. The summed E-state index contributed by atoms with van der Waals surface area (Å²) in [7, 11) is 0. The van der Waals surface area contributed by atoms with E-state index in [0.717, 1.165) is 19.3 Å². The van der Waals surface area contributed by atoms with Crippen LogP contribution in [0.1, 0.15) is 65.2 Å². The SMILES string of the molecule is CCCC=CC(=O)OCCCCCCCC. The van der Waals surface area contributed by atoms with Crippen molar-refractivity contribution in [2.24, 2.45) is 0 Å². The minimum atomic E-state index is -0.193. The third-order valence-corrected chi connectivity index (χ3v) is 2.45. The predicted octanol–water partition coefficient (Wildman–Crippen LogP) is 4.25. The van der Waals surface area contributed by atoms with Gasteiger partial charge in [-0.05, 0) is 12.8 Å². The maximum atomic E-state index is 11.1. The van der Waals surface area contributed by atoms with Gasteiger partial charge in [0, 0.05) is 6.08 Å². The van der Waals surface area contributed by atoms with Gasteiger partial charge in [-0.2, -0.15) is 0 Å². The Balaban J connectivity index is 3.21. The topological polar surface area (TPSA) is 26.3 Å². The van der Waals surface area contributed by atoms with Crippen molar-refractivity contribution in [3.05, 3.63) is 12.2 Å². The molecule has 0 aromatic carbocycles. The zero-order valence-electron chi connectivity index (χ0n) is 10.8. The van der Waals surface area contributed by atoms with Crippen LogP contribution in [-0.2, 0) is 9.53 Å². The van der Waals surface area contributed by atoms with Gasteiger partial charge in [0.2, 0.25) is 0 Å². The normalized spacial score (nSPS) is 10.9. The van der Waals surface area contributed by atoms with Crippen LogP contribution in [0.5, 0.6) is 0 Å². The van der Waals surface area contributed by atoms with Gasteiger partial charge >= 0.3 is 5.97 Å². The molecule has 0 rings (SSSR count). The Labute approximate surface area is 100 Å². The van der Waals surface area contributed by atoms with Crippen LogP contribution in [0.3, 0.4) is 0 Å². The van der Waals surface area contributed by atoms with Crippen LogP contribution in [0.2, 0.25) is 0 Å². The molecule has 0 saturated carbocycles. The standard InChI is InChI=1S/C14H26O2/c1-3-5-7-8-9-11-13-16-14(15)12-10-6-4-2/h10,12H,3-9,11,13H2,1-2H3. The summed E-state index contributed by atoms with van der Waals surface area (Å²) in [5, 5.41) is 0. The molecule has 0 aliphatic rings. The van der Waals surface area contributed by atoms with E-state index in [1.54, 1.807) is 6.08 Å². The van der Waals surface area contributed by atoms with Gasteiger partial charge in [0.1, 0.15) is 0 Å². The maximum absolute atomic E-state index is 11.1. The van der Waals surface area contributed by atoms with E-state index in [4.69, 9.17) is 4.74 Å². The Morgan fingerprint density at radius 1 is 1.00 bits per heavy atom. The zero-order chi connectivity index (χ0) is 12.1. The summed E-state index contributed by atoms with van der Waals surface area (Å²) < 4.78 is 5.07. The number of carbonyl (C=O) groups is 1. The van der Waals surface area contributed by atoms with Crippen LogP contribution >= 0.6 is 0 Å². The molecular weight excluding hydrogens is 200 g/mol. The molecule has 0 bridgehead atoms. The van der Waals surface area contributed by atoms with Crippen molar-refractivity contribution in [1.82, 2.24) is 0 Å². The third-order valence-electron chi connectivity index (χ3n) is 2.45. The van der Waals surface area contributed by atoms with Gasteiger partial charge in [0.15, 0.2) is 0 Å². The Kier molecular flexibility index (Phi) is 11.7. The second kappa shape index (κ2) is 12.3. The van der Waals surface area contributed by atoms with Gasteiger partial charge in [0.25, 0.3) is 0 Å². The molecule has 0 atom stereocenters. The summed E-state index contributed by atoms with van der Waals surface area (Å²) in [5.74, 6) is -0.193. The molecule has 0 N–H and O–H groups in total. The Bertz CT molecular complexity index is 185. The van der Waals surface area contributed by atoms with Crippen LogP contribution in [0.15, 0.2) is 12.2 Å². The lowest BCUT2D eigenvalue weighted by molar-refractivity contribution is -0.137. The van der Waals surface area contributed by atoms with Crippen LogP contribution in [0.25, 0.3) is 0 Å². The molecule has 0 aromatic heterocycles. The number of rotatable bonds is 10. The van der Waals surface area contributed by atoms with E-state index in [0.29, 0.717) is 6.61 Å². The Hall–Kier alpha value is -0.790.